The number of aliphatic hydroxyl groups is 2. The Labute approximate surface area is 186 Å². The van der Waals surface area contributed by atoms with Crippen LogP contribution in [0, 0.1) is 0 Å². The van der Waals surface area contributed by atoms with Crippen molar-refractivity contribution in [1.29, 1.82) is 0 Å². The maximum absolute atomic E-state index is 11.4. The van der Waals surface area contributed by atoms with Crippen LogP contribution < -0.4 is 15.4 Å². The number of nitrogens with zero attached hydrogens (tertiary/aromatic N) is 1. The Hall–Kier alpha value is -3.13. The predicted octanol–water partition coefficient (Wildman–Crippen LogP) is 2.11. The quantitative estimate of drug-likeness (QED) is 0.458. The van der Waals surface area contributed by atoms with Crippen molar-refractivity contribution in [1.82, 2.24) is 15.5 Å². The van der Waals surface area contributed by atoms with Crippen LogP contribution in [0.1, 0.15) is 5.56 Å². The fourth-order valence-electron chi connectivity index (χ4n) is 4.74. The molecule has 1 spiro atoms. The van der Waals surface area contributed by atoms with Gasteiger partial charge in [0.15, 0.2) is 0 Å². The van der Waals surface area contributed by atoms with Gasteiger partial charge in [-0.15, -0.1) is 0 Å². The predicted molar refractivity (Wildman–Crippen MR) is 123 cm³/mol. The van der Waals surface area contributed by atoms with E-state index in [-0.39, 0.29) is 24.8 Å². The molecule has 2 aliphatic heterocycles. The summed E-state index contributed by atoms with van der Waals surface area (Å²) >= 11 is 0. The number of carbonyl (C=O) groups excluding carboxylic acids is 1. The third kappa shape index (κ3) is 4.02. The minimum atomic E-state index is -0.652. The number of ether oxygens (including phenoxy) is 1. The molecular weight excluding hydrogens is 406 g/mol. The molecule has 1 atom stereocenters. The van der Waals surface area contributed by atoms with E-state index in [9.17, 15) is 15.0 Å². The van der Waals surface area contributed by atoms with Crippen LogP contribution in [0.5, 0.6) is 5.75 Å². The molecule has 2 aliphatic rings. The number of hydrogen-bond donors (Lipinski definition) is 4. The molecule has 2 fully saturated rings. The van der Waals surface area contributed by atoms with E-state index in [1.807, 2.05) is 48.5 Å². The maximum atomic E-state index is 11.4. The molecule has 2 saturated heterocycles. The monoisotopic (exact) mass is 433 g/mol. The Bertz CT molecular complexity index is 1140. The summed E-state index contributed by atoms with van der Waals surface area (Å²) in [6, 6.07) is 19.7. The van der Waals surface area contributed by atoms with Gasteiger partial charge in [0.25, 0.3) is 0 Å². The Morgan fingerprint density at radius 1 is 1.09 bits per heavy atom. The first-order chi connectivity index (χ1) is 15.5. The molecule has 0 bridgehead atoms. The number of rotatable bonds is 7. The lowest BCUT2D eigenvalue weighted by atomic mass is 9.91. The number of likely N-dealkylation sites (tertiary alicyclic amines) is 1. The summed E-state index contributed by atoms with van der Waals surface area (Å²) in [5, 5.41) is 28.1. The molecule has 0 aromatic heterocycles. The van der Waals surface area contributed by atoms with Crippen molar-refractivity contribution in [2.45, 2.75) is 18.2 Å². The molecule has 2 amide bonds. The Kier molecular flexibility index (Phi) is 5.46. The number of hydrogen-bond acceptors (Lipinski definition) is 5. The van der Waals surface area contributed by atoms with Gasteiger partial charge < -0.3 is 25.6 Å². The lowest BCUT2D eigenvalue weighted by Crippen LogP contribution is -2.69. The van der Waals surface area contributed by atoms with Crippen LogP contribution >= 0.6 is 0 Å². The van der Waals surface area contributed by atoms with Gasteiger partial charge in [-0.3, -0.25) is 4.90 Å². The SMILES string of the molecule is O=C1NCC2(CN(CC(O)COc3ccc4ccccc4c3-c3cccc(CO)c3)C2)N1. The highest BCUT2D eigenvalue weighted by Crippen LogP contribution is 2.37. The van der Waals surface area contributed by atoms with Crippen LogP contribution in [0.2, 0.25) is 0 Å². The zero-order chi connectivity index (χ0) is 22.1. The molecule has 5 rings (SSSR count). The topological polar surface area (TPSA) is 94.1 Å². The number of benzene rings is 3. The minimum absolute atomic E-state index is 0.0270. The molecule has 7 nitrogen and oxygen atoms in total. The summed E-state index contributed by atoms with van der Waals surface area (Å²) in [4.78, 5) is 13.5. The maximum Gasteiger partial charge on any atom is 0.315 e. The number of carbonyl (C=O) groups is 1. The van der Waals surface area contributed by atoms with Crippen LogP contribution in [0.3, 0.4) is 0 Å². The van der Waals surface area contributed by atoms with E-state index in [0.717, 1.165) is 40.6 Å². The molecule has 32 heavy (non-hydrogen) atoms. The first-order valence-electron chi connectivity index (χ1n) is 10.9. The fraction of sp³-hybridized carbons (Fsp3) is 0.320. The van der Waals surface area contributed by atoms with Gasteiger partial charge in [0, 0.05) is 31.7 Å². The van der Waals surface area contributed by atoms with Crippen LogP contribution in [0.25, 0.3) is 21.9 Å². The smallest absolute Gasteiger partial charge is 0.315 e. The van der Waals surface area contributed by atoms with Crippen molar-refractivity contribution in [3.8, 4) is 16.9 Å². The molecule has 3 aromatic rings. The summed E-state index contributed by atoms with van der Waals surface area (Å²) < 4.78 is 6.12. The van der Waals surface area contributed by atoms with Crippen molar-refractivity contribution < 1.29 is 19.7 Å². The summed E-state index contributed by atoms with van der Waals surface area (Å²) in [7, 11) is 0. The van der Waals surface area contributed by atoms with Gasteiger partial charge in [0.1, 0.15) is 18.5 Å². The van der Waals surface area contributed by atoms with Crippen LogP contribution in [0.4, 0.5) is 4.79 Å². The van der Waals surface area contributed by atoms with E-state index in [2.05, 4.69) is 27.7 Å². The van der Waals surface area contributed by atoms with Crippen molar-refractivity contribution >= 4 is 16.8 Å². The first kappa shape index (κ1) is 20.8. The van der Waals surface area contributed by atoms with Gasteiger partial charge in [-0.2, -0.15) is 0 Å². The minimum Gasteiger partial charge on any atom is -0.490 e. The summed E-state index contributed by atoms with van der Waals surface area (Å²) in [5.74, 6) is 0.699. The summed E-state index contributed by atoms with van der Waals surface area (Å²) in [6.45, 7) is 2.69. The molecule has 0 saturated carbocycles. The third-order valence-corrected chi connectivity index (χ3v) is 6.21. The molecular formula is C25H27N3O4. The van der Waals surface area contributed by atoms with Gasteiger partial charge in [-0.1, -0.05) is 48.5 Å². The lowest BCUT2D eigenvalue weighted by molar-refractivity contribution is 0.00550. The zero-order valence-corrected chi connectivity index (χ0v) is 17.8. The van der Waals surface area contributed by atoms with Gasteiger partial charge in [0.2, 0.25) is 0 Å². The van der Waals surface area contributed by atoms with E-state index >= 15 is 0 Å². The number of β-amino-alcohol motifs (C(OH)–C–C–N with tert-alkyl or cyclic N) is 1. The Morgan fingerprint density at radius 3 is 2.72 bits per heavy atom. The summed E-state index contributed by atoms with van der Waals surface area (Å²) in [5.41, 5.74) is 2.56. The Morgan fingerprint density at radius 2 is 1.94 bits per heavy atom. The molecule has 3 aromatic carbocycles. The Balaban J connectivity index is 1.31. The van der Waals surface area contributed by atoms with Crippen LogP contribution in [0.15, 0.2) is 60.7 Å². The summed E-state index contributed by atoms with van der Waals surface area (Å²) in [6.07, 6.45) is -0.652. The number of urea groups is 1. The second kappa shape index (κ2) is 8.43. The van der Waals surface area contributed by atoms with E-state index < -0.39 is 6.10 Å². The third-order valence-electron chi connectivity index (χ3n) is 6.21. The van der Waals surface area contributed by atoms with Gasteiger partial charge >= 0.3 is 6.03 Å². The van der Waals surface area contributed by atoms with Crippen molar-refractivity contribution in [3.05, 3.63) is 66.2 Å². The van der Waals surface area contributed by atoms with E-state index in [1.165, 1.54) is 0 Å². The molecule has 0 radical (unpaired) electrons. The van der Waals surface area contributed by atoms with Crippen molar-refractivity contribution in [3.63, 3.8) is 0 Å². The second-order valence-corrected chi connectivity index (χ2v) is 8.74. The fourth-order valence-corrected chi connectivity index (χ4v) is 4.74. The number of fused-ring (bicyclic) bond motifs is 1. The van der Waals surface area contributed by atoms with E-state index in [0.29, 0.717) is 18.8 Å². The standard InChI is InChI=1S/C25H27N3O4/c29-12-17-4-3-6-19(10-17)23-21-7-2-1-5-18(21)8-9-22(23)32-13-20(30)11-28-15-25(16-28)14-26-24(31)27-25/h1-10,20,29-30H,11-16H2,(H2,26,27,31). The van der Waals surface area contributed by atoms with Gasteiger partial charge in [0.05, 0.1) is 12.1 Å². The highest BCUT2D eigenvalue weighted by atomic mass is 16.5. The average molecular weight is 434 g/mol. The van der Waals surface area contributed by atoms with Gasteiger partial charge in [-0.05, 0) is 34.0 Å². The molecule has 0 aliphatic carbocycles. The zero-order valence-electron chi connectivity index (χ0n) is 17.8. The molecule has 166 valence electrons. The molecule has 2 heterocycles. The van der Waals surface area contributed by atoms with Gasteiger partial charge in [-0.25, -0.2) is 4.79 Å². The van der Waals surface area contributed by atoms with Crippen molar-refractivity contribution in [2.24, 2.45) is 0 Å². The normalized spacial score (nSPS) is 18.2. The van der Waals surface area contributed by atoms with E-state index in [1.54, 1.807) is 0 Å². The highest BCUT2D eigenvalue weighted by Gasteiger charge is 2.47. The lowest BCUT2D eigenvalue weighted by Gasteiger charge is -2.47. The molecule has 1 unspecified atom stereocenters. The molecule has 7 heteroatoms. The number of nitrogens with one attached hydrogen (secondary N) is 2. The van der Waals surface area contributed by atoms with Crippen LogP contribution in [-0.4, -0.2) is 65.6 Å². The average Bonchev–Trinajstić information content (AvgIpc) is 3.18. The highest BCUT2D eigenvalue weighted by molar-refractivity contribution is 5.99. The number of aliphatic hydroxyl groups excluding tert-OH is 2. The van der Waals surface area contributed by atoms with Crippen molar-refractivity contribution in [2.75, 3.05) is 32.8 Å². The first-order valence-corrected chi connectivity index (χ1v) is 10.9. The van der Waals surface area contributed by atoms with E-state index in [4.69, 9.17) is 4.74 Å². The molecule has 4 N–H and O–H groups in total. The van der Waals surface area contributed by atoms with Crippen LogP contribution in [-0.2, 0) is 6.61 Å². The second-order valence-electron chi connectivity index (χ2n) is 8.74. The largest absolute Gasteiger partial charge is 0.490 e. The number of amides is 2.